The van der Waals surface area contributed by atoms with Gasteiger partial charge in [0.05, 0.1) is 0 Å². The van der Waals surface area contributed by atoms with Crippen molar-refractivity contribution in [1.29, 1.82) is 0 Å². The van der Waals surface area contributed by atoms with Crippen molar-refractivity contribution in [2.75, 3.05) is 0 Å². The first-order chi connectivity index (χ1) is 6.93. The zero-order chi connectivity index (χ0) is 14.3. The summed E-state index contributed by atoms with van der Waals surface area (Å²) in [7, 11) is 0. The predicted molar refractivity (Wildman–Crippen MR) is 53.6 cm³/mol. The fourth-order valence-electron chi connectivity index (χ4n) is 0. The molecule has 0 aliphatic rings. The van der Waals surface area contributed by atoms with E-state index in [0.717, 1.165) is 27.7 Å². The average molecular weight is 382 g/mol. The molecule has 0 aromatic rings. The molecule has 6 N–H and O–H groups in total. The number of carbonyl (C=O) groups is 4. The van der Waals surface area contributed by atoms with E-state index in [1.54, 1.807) is 0 Å². The maximum absolute atomic E-state index is 8.89. The Morgan fingerprint density at radius 3 is 0.435 bits per heavy atom. The van der Waals surface area contributed by atoms with Crippen molar-refractivity contribution in [3.8, 4) is 0 Å². The molecule has 0 spiro atoms. The third-order valence-corrected chi connectivity index (χ3v) is 0. The van der Waals surface area contributed by atoms with Crippen LogP contribution in [0, 0.1) is 0 Å². The van der Waals surface area contributed by atoms with Gasteiger partial charge < -0.3 is 56.0 Å². The van der Waals surface area contributed by atoms with E-state index in [1.807, 2.05) is 0 Å². The minimum atomic E-state index is -1.08. The van der Waals surface area contributed by atoms with E-state index in [1.165, 1.54) is 0 Å². The fraction of sp³-hybridized carbons (Fsp3) is 0.500. The minimum absolute atomic E-state index is 0. The average Bonchev–Trinajstić information content (AvgIpc) is 1.76. The molecule has 23 heavy (non-hydrogen) atoms. The number of carboxylic acid groups (broad SMARTS) is 4. The molecule has 0 rings (SSSR count). The summed E-state index contributed by atoms with van der Waals surface area (Å²) in [6, 6.07) is 0. The Morgan fingerprint density at radius 2 is 0.435 bits per heavy atom. The summed E-state index contributed by atoms with van der Waals surface area (Å²) in [5, 5.41) is 35.6. The van der Waals surface area contributed by atoms with E-state index in [2.05, 4.69) is 0 Å². The molecule has 120 valence electrons. The van der Waals surface area contributed by atoms with Crippen LogP contribution in [0.25, 0.3) is 0 Å². The van der Waals surface area contributed by atoms with Crippen molar-refractivity contribution >= 4 is 23.9 Å². The van der Waals surface area contributed by atoms with E-state index in [4.69, 9.17) is 39.6 Å². The molecule has 0 fully saturated rings. The normalized spacial score (nSPS) is 4.35. The smallest absolute Gasteiger partial charge is 0.550 e. The maximum Gasteiger partial charge on any atom is 1.00 e. The van der Waals surface area contributed by atoms with Crippen molar-refractivity contribution in [2.45, 2.75) is 27.7 Å². The Kier molecular flexibility index (Phi) is 209. The Bertz CT molecular complexity index is 174. The molecule has 0 heterocycles. The molecule has 0 radical (unpaired) electrons. The molecule has 0 atom stereocenters. The summed E-state index contributed by atoms with van der Waals surface area (Å²) in [6.45, 7) is 3.89. The summed E-state index contributed by atoms with van der Waals surface area (Å²) >= 11 is 0. The van der Waals surface area contributed by atoms with Crippen LogP contribution in [0.4, 0.5) is 0 Å². The van der Waals surface area contributed by atoms with Crippen LogP contribution in [-0.4, -0.2) is 40.3 Å². The minimum Gasteiger partial charge on any atom is -0.550 e. The molecule has 0 unspecified atom stereocenters. The SMILES string of the molecule is CC(=O)[O-].CC(=O)[O-].CC(=O)[O-].CC(=O)[O-].O.O.O.[Na+].[Na+].[Na+].[Na+]. The van der Waals surface area contributed by atoms with E-state index < -0.39 is 23.9 Å². The molecule has 0 saturated heterocycles. The van der Waals surface area contributed by atoms with Crippen LogP contribution in [0.15, 0.2) is 0 Å². The van der Waals surface area contributed by atoms with Crippen molar-refractivity contribution < 1.29 is 174 Å². The second-order valence-corrected chi connectivity index (χ2v) is 1.97. The van der Waals surface area contributed by atoms with Gasteiger partial charge >= 0.3 is 118 Å². The second kappa shape index (κ2) is 65.0. The Balaban J connectivity index is -0.00000000842. The summed E-state index contributed by atoms with van der Waals surface area (Å²) in [4.78, 5) is 35.6. The number of carboxylic acids is 4. The number of carbonyl (C=O) groups excluding carboxylic acids is 4. The molecule has 0 bridgehead atoms. The molecule has 0 aliphatic carbocycles. The van der Waals surface area contributed by atoms with Gasteiger partial charge in [-0.3, -0.25) is 0 Å². The van der Waals surface area contributed by atoms with Crippen LogP contribution in [0.5, 0.6) is 0 Å². The summed E-state index contributed by atoms with van der Waals surface area (Å²) in [5.74, 6) is -4.33. The molecular weight excluding hydrogens is 364 g/mol. The second-order valence-electron chi connectivity index (χ2n) is 1.97. The molecule has 0 saturated carbocycles. The van der Waals surface area contributed by atoms with Crippen molar-refractivity contribution in [3.05, 3.63) is 0 Å². The van der Waals surface area contributed by atoms with Crippen LogP contribution in [0.3, 0.4) is 0 Å². The van der Waals surface area contributed by atoms with Gasteiger partial charge in [-0.2, -0.15) is 0 Å². The van der Waals surface area contributed by atoms with Gasteiger partial charge in [0, 0.05) is 23.9 Å². The van der Waals surface area contributed by atoms with Crippen LogP contribution in [0.2, 0.25) is 0 Å². The van der Waals surface area contributed by atoms with E-state index in [0.29, 0.717) is 0 Å². The molecule has 0 aromatic heterocycles. The topological polar surface area (TPSA) is 255 Å². The van der Waals surface area contributed by atoms with Crippen molar-refractivity contribution in [1.82, 2.24) is 0 Å². The van der Waals surface area contributed by atoms with Crippen molar-refractivity contribution in [3.63, 3.8) is 0 Å². The summed E-state index contributed by atoms with van der Waals surface area (Å²) in [6.07, 6.45) is 0. The summed E-state index contributed by atoms with van der Waals surface area (Å²) < 4.78 is 0. The van der Waals surface area contributed by atoms with Gasteiger partial charge in [-0.15, -0.1) is 0 Å². The number of hydrogen-bond acceptors (Lipinski definition) is 8. The third-order valence-electron chi connectivity index (χ3n) is 0. The van der Waals surface area contributed by atoms with Crippen LogP contribution >= 0.6 is 0 Å². The van der Waals surface area contributed by atoms with Crippen molar-refractivity contribution in [2.24, 2.45) is 0 Å². The van der Waals surface area contributed by atoms with Gasteiger partial charge in [0.1, 0.15) is 0 Å². The van der Waals surface area contributed by atoms with Gasteiger partial charge in [-0.05, 0) is 27.7 Å². The number of hydrogen-bond donors (Lipinski definition) is 0. The first kappa shape index (κ1) is 73.8. The number of aliphatic carboxylic acids is 4. The van der Waals surface area contributed by atoms with Gasteiger partial charge in [0.2, 0.25) is 0 Å². The van der Waals surface area contributed by atoms with Crippen LogP contribution in [-0.2, 0) is 19.2 Å². The molecule has 11 nitrogen and oxygen atoms in total. The van der Waals surface area contributed by atoms with Gasteiger partial charge in [0.15, 0.2) is 0 Å². The van der Waals surface area contributed by atoms with Gasteiger partial charge in [0.25, 0.3) is 0 Å². The quantitative estimate of drug-likeness (QED) is 0.362. The third kappa shape index (κ3) is 3630. The standard InChI is InChI=1S/4C2H4O2.4Na.3H2O/c4*1-2(3)4;;;;;;;/h4*1H3,(H,3,4);;;;;3*1H2/q;;;;4*+1;;;/p-4. The zero-order valence-electron chi connectivity index (χ0n) is 14.8. The molecule has 15 heteroatoms. The van der Waals surface area contributed by atoms with Crippen LogP contribution in [0.1, 0.15) is 27.7 Å². The zero-order valence-corrected chi connectivity index (χ0v) is 22.8. The molecular formula is C8H18Na4O11. The summed E-state index contributed by atoms with van der Waals surface area (Å²) in [5.41, 5.74) is 0. The largest absolute Gasteiger partial charge is 1.00 e. The monoisotopic (exact) mass is 382 g/mol. The molecule has 0 aromatic carbocycles. The van der Waals surface area contributed by atoms with E-state index >= 15 is 0 Å². The predicted octanol–water partition coefficient (Wildman–Crippen LogP) is -19.4. The van der Waals surface area contributed by atoms with Gasteiger partial charge in [-0.1, -0.05) is 0 Å². The fourth-order valence-corrected chi connectivity index (χ4v) is 0. The van der Waals surface area contributed by atoms with Crippen LogP contribution < -0.4 is 139 Å². The Morgan fingerprint density at radius 1 is 0.435 bits per heavy atom. The first-order valence-corrected chi connectivity index (χ1v) is 3.63. The Hall–Kier alpha value is 1.76. The molecule has 0 aliphatic heterocycles. The maximum atomic E-state index is 8.89. The first-order valence-electron chi connectivity index (χ1n) is 3.63. The Labute approximate surface area is 222 Å². The number of rotatable bonds is 0. The molecule has 0 amide bonds. The van der Waals surface area contributed by atoms with Gasteiger partial charge in [-0.25, -0.2) is 0 Å². The van der Waals surface area contributed by atoms with E-state index in [-0.39, 0.29) is 135 Å². The van der Waals surface area contributed by atoms with E-state index in [9.17, 15) is 0 Å².